The molecule has 2 saturated carbocycles. The van der Waals surface area contributed by atoms with Crippen molar-refractivity contribution < 1.29 is 4.74 Å². The molecule has 1 saturated heterocycles. The number of rotatable bonds is 10. The summed E-state index contributed by atoms with van der Waals surface area (Å²) in [5.41, 5.74) is 12.5. The van der Waals surface area contributed by atoms with Crippen LogP contribution in [0.15, 0.2) is 53.2 Å². The number of allylic oxidation sites excluding steroid dienone is 2. The number of ether oxygens (including phenoxy) is 1. The molecule has 3 fully saturated rings. The molecule has 3 aliphatic rings. The number of hydrogen-bond donors (Lipinski definition) is 0. The van der Waals surface area contributed by atoms with Crippen LogP contribution in [0.25, 0.3) is 0 Å². The summed E-state index contributed by atoms with van der Waals surface area (Å²) >= 11 is 2.19. The van der Waals surface area contributed by atoms with E-state index in [9.17, 15) is 0 Å². The van der Waals surface area contributed by atoms with Gasteiger partial charge in [-0.3, -0.25) is 0 Å². The third-order valence-corrected chi connectivity index (χ3v) is 13.8. The van der Waals surface area contributed by atoms with Crippen LogP contribution in [0, 0.1) is 0 Å². The van der Waals surface area contributed by atoms with Crippen molar-refractivity contribution >= 4 is 55.9 Å². The zero-order valence-corrected chi connectivity index (χ0v) is 38.1. The Hall–Kier alpha value is -1.07. The first kappa shape index (κ1) is 46.1. The van der Waals surface area contributed by atoms with Gasteiger partial charge in [0.2, 0.25) is 0 Å². The fourth-order valence-electron chi connectivity index (χ4n) is 7.54. The molecule has 6 heteroatoms. The first-order valence-electron chi connectivity index (χ1n) is 20.2. The van der Waals surface area contributed by atoms with Crippen molar-refractivity contribution in [3.8, 4) is 0 Å². The summed E-state index contributed by atoms with van der Waals surface area (Å²) < 4.78 is 7.29. The van der Waals surface area contributed by atoms with Gasteiger partial charge in [0.25, 0.3) is 0 Å². The van der Waals surface area contributed by atoms with E-state index in [0.29, 0.717) is 23.7 Å². The molecule has 0 aromatic heterocycles. The topological polar surface area (TPSA) is 24.8 Å². The summed E-state index contributed by atoms with van der Waals surface area (Å²) in [4.78, 5) is 5.15. The van der Waals surface area contributed by atoms with Crippen molar-refractivity contribution in [1.82, 2.24) is 0 Å². The minimum Gasteiger partial charge on any atom is -0.813 e. The van der Waals surface area contributed by atoms with Crippen LogP contribution in [0.2, 0.25) is 0 Å². The van der Waals surface area contributed by atoms with E-state index in [4.69, 9.17) is 9.73 Å². The molecule has 0 spiro atoms. The summed E-state index contributed by atoms with van der Waals surface area (Å²) in [7, 11) is 1.33. The maximum atomic E-state index is 5.15. The molecule has 0 bridgehead atoms. The zero-order chi connectivity index (χ0) is 36.6. The second-order valence-corrected chi connectivity index (χ2v) is 19.1. The van der Waals surface area contributed by atoms with Gasteiger partial charge in [-0.15, -0.1) is 8.58 Å². The van der Waals surface area contributed by atoms with Crippen LogP contribution in [-0.2, 0) is 18.2 Å². The first-order valence-corrected chi connectivity index (χ1v) is 22.3. The summed E-state index contributed by atoms with van der Waals surface area (Å²) in [6, 6.07) is 13.3. The molecule has 3 radical (unpaired) electrons. The third kappa shape index (κ3) is 15.3. The van der Waals surface area contributed by atoms with Crippen LogP contribution in [-0.4, -0.2) is 47.0 Å². The Labute approximate surface area is 332 Å². The Kier molecular flexibility index (Phi) is 22.0. The molecule has 5 rings (SSSR count). The molecule has 0 atom stereocenters. The Morgan fingerprint density at radius 3 is 1.41 bits per heavy atom. The Morgan fingerprint density at radius 1 is 0.667 bits per heavy atom. The number of nitrogens with zero attached hydrogens (tertiary/aromatic N) is 2. The summed E-state index contributed by atoms with van der Waals surface area (Å²) in [5.74, 6) is 1.83. The predicted octanol–water partition coefficient (Wildman–Crippen LogP) is 13.6. The van der Waals surface area contributed by atoms with Crippen molar-refractivity contribution in [2.24, 2.45) is 4.99 Å². The Bertz CT molecular complexity index is 1260. The monoisotopic (exact) mass is 794 g/mol. The average Bonchev–Trinajstić information content (AvgIpc) is 3.69. The fraction of sp³-hybridized carbons (Fsp3) is 0.667. The standard InChI is InChI=1S/C29H41GeN2.C12H23P.C4H8O.H2S/c1-18(2)24-13-11-14-25(19(3)4)28(24)31-22(9)17-23(10)32(30)29-26(20(5)6)15-12-16-27(29)21(7)8;1-3-7-11(8-4-1)13-12-9-5-2-6-10-12;1-2-4-5-3-1;/h11-21H,1-10H3;11-13H,1-10H2;1-4H2;1H2/p-1/b23-17-,31-22?;;;. The second kappa shape index (κ2) is 24.4. The first-order chi connectivity index (χ1) is 23.9. The molecule has 285 valence electrons. The minimum atomic E-state index is 0. The van der Waals surface area contributed by atoms with Crippen LogP contribution in [0.3, 0.4) is 0 Å². The summed E-state index contributed by atoms with van der Waals surface area (Å²) in [6.45, 7) is 24.4. The van der Waals surface area contributed by atoms with Crippen LogP contribution >= 0.6 is 8.58 Å². The van der Waals surface area contributed by atoms with E-state index < -0.39 is 0 Å². The number of para-hydroxylation sites is 2. The van der Waals surface area contributed by atoms with Crippen LogP contribution in [0.1, 0.15) is 192 Å². The molecule has 2 aliphatic carbocycles. The van der Waals surface area contributed by atoms with Crippen LogP contribution < -0.4 is 3.86 Å². The SMILES string of the molecule is C1CCC(PC2CCCCC2)CC1.C1CCOC1.CC(/C=C(/C)[N]([Ge])c1c(C(C)C)cccc1C(C)C)=Nc1c(C(C)C)cccc1C(C)C.[SH-]. The van der Waals surface area contributed by atoms with Gasteiger partial charge in [0, 0.05) is 13.2 Å². The number of thiol groups is 1. The van der Waals surface area contributed by atoms with E-state index in [2.05, 4.69) is 132 Å². The molecule has 0 unspecified atom stereocenters. The molecule has 0 amide bonds. The maximum Gasteiger partial charge on any atom is -0.813 e. The van der Waals surface area contributed by atoms with E-state index in [1.807, 2.05) is 0 Å². The van der Waals surface area contributed by atoms with E-state index in [1.54, 1.807) is 25.7 Å². The van der Waals surface area contributed by atoms with Gasteiger partial charge in [0.05, 0.1) is 0 Å². The van der Waals surface area contributed by atoms with Crippen LogP contribution in [0.5, 0.6) is 0 Å². The van der Waals surface area contributed by atoms with Gasteiger partial charge in [-0.2, -0.15) is 0 Å². The number of anilines is 1. The Balaban J connectivity index is 0.000000384. The molecule has 2 aromatic carbocycles. The van der Waals surface area contributed by atoms with Gasteiger partial charge in [-0.1, -0.05) is 38.5 Å². The van der Waals surface area contributed by atoms with Gasteiger partial charge >= 0.3 is 206 Å². The molecular formula is C45H73GeN2OPS-. The van der Waals surface area contributed by atoms with Crippen LogP contribution in [0.4, 0.5) is 11.4 Å². The van der Waals surface area contributed by atoms with Gasteiger partial charge in [-0.05, 0) is 49.8 Å². The molecule has 1 aliphatic heterocycles. The normalized spacial score (nSPS) is 17.6. The van der Waals surface area contributed by atoms with Crippen molar-refractivity contribution in [2.45, 2.75) is 181 Å². The van der Waals surface area contributed by atoms with E-state index >= 15 is 0 Å². The predicted molar refractivity (Wildman–Crippen MR) is 235 cm³/mol. The van der Waals surface area contributed by atoms with Crippen molar-refractivity contribution in [3.05, 3.63) is 70.4 Å². The van der Waals surface area contributed by atoms with Gasteiger partial charge in [-0.25, -0.2) is 0 Å². The summed E-state index contributed by atoms with van der Waals surface area (Å²) in [5, 5.41) is 0. The smallest absolute Gasteiger partial charge is 0.813 e. The number of hydrogen-bond acceptors (Lipinski definition) is 4. The molecule has 0 N–H and O–H groups in total. The van der Waals surface area contributed by atoms with Gasteiger partial charge < -0.3 is 18.2 Å². The average molecular weight is 794 g/mol. The van der Waals surface area contributed by atoms with E-state index in [1.165, 1.54) is 93.6 Å². The molecule has 1 heterocycles. The summed E-state index contributed by atoms with van der Waals surface area (Å²) in [6.07, 6.45) is 20.2. The van der Waals surface area contributed by atoms with Gasteiger partial charge in [0.15, 0.2) is 0 Å². The molecule has 2 aromatic rings. The van der Waals surface area contributed by atoms with Crippen molar-refractivity contribution in [3.63, 3.8) is 0 Å². The largest absolute Gasteiger partial charge is 0.813 e. The molecule has 51 heavy (non-hydrogen) atoms. The maximum absolute atomic E-state index is 5.15. The number of aliphatic imine (C=N–C) groups is 1. The zero-order valence-electron chi connectivity index (χ0n) is 34.2. The third-order valence-electron chi connectivity index (χ3n) is 10.5. The quantitative estimate of drug-likeness (QED) is 0.0787. The minimum absolute atomic E-state index is 0. The van der Waals surface area contributed by atoms with Gasteiger partial charge in [0.1, 0.15) is 0 Å². The fourth-order valence-corrected chi connectivity index (χ4v) is 10.4. The number of benzene rings is 2. The van der Waals surface area contributed by atoms with Crippen molar-refractivity contribution in [2.75, 3.05) is 17.1 Å². The molecule has 3 nitrogen and oxygen atoms in total. The van der Waals surface area contributed by atoms with E-state index in [-0.39, 0.29) is 13.5 Å². The van der Waals surface area contributed by atoms with E-state index in [0.717, 1.165) is 35.9 Å². The Morgan fingerprint density at radius 2 is 1.06 bits per heavy atom. The second-order valence-electron chi connectivity index (χ2n) is 16.2. The van der Waals surface area contributed by atoms with Crippen molar-refractivity contribution in [1.29, 1.82) is 0 Å². The molecular weight excluding hydrogens is 720 g/mol.